The fraction of sp³-hybridized carbons (Fsp3) is 0.600. The first-order valence-corrected chi connectivity index (χ1v) is 7.05. The molecule has 1 aliphatic heterocycles. The lowest BCUT2D eigenvalue weighted by Crippen LogP contribution is -2.25. The zero-order chi connectivity index (χ0) is 14.4. The molecular weight excluding hydrogens is 258 g/mol. The molecule has 0 saturated carbocycles. The zero-order valence-electron chi connectivity index (χ0n) is 12.1. The summed E-state index contributed by atoms with van der Waals surface area (Å²) in [5, 5.41) is 12.3. The van der Waals surface area contributed by atoms with E-state index in [1.807, 2.05) is 12.1 Å². The van der Waals surface area contributed by atoms with Crippen molar-refractivity contribution in [3.63, 3.8) is 0 Å². The number of benzene rings is 1. The molecule has 1 unspecified atom stereocenters. The lowest BCUT2D eigenvalue weighted by atomic mass is 10.1. The fourth-order valence-electron chi connectivity index (χ4n) is 2.22. The SMILES string of the molecule is COc1cc(CNC(C)CCCO)cc2c1OCCO2. The van der Waals surface area contributed by atoms with Crippen molar-refractivity contribution in [1.82, 2.24) is 5.32 Å². The highest BCUT2D eigenvalue weighted by Crippen LogP contribution is 2.40. The van der Waals surface area contributed by atoms with Gasteiger partial charge in [-0.1, -0.05) is 0 Å². The van der Waals surface area contributed by atoms with Gasteiger partial charge in [0.1, 0.15) is 13.2 Å². The minimum atomic E-state index is 0.240. The molecule has 0 fully saturated rings. The summed E-state index contributed by atoms with van der Waals surface area (Å²) in [6, 6.07) is 4.32. The van der Waals surface area contributed by atoms with Gasteiger partial charge in [-0.05, 0) is 37.5 Å². The van der Waals surface area contributed by atoms with Crippen LogP contribution in [0, 0.1) is 0 Å². The van der Waals surface area contributed by atoms with Crippen molar-refractivity contribution in [2.45, 2.75) is 32.4 Å². The molecule has 5 heteroatoms. The topological polar surface area (TPSA) is 60.0 Å². The van der Waals surface area contributed by atoms with Gasteiger partial charge in [-0.2, -0.15) is 0 Å². The molecule has 0 aliphatic carbocycles. The predicted octanol–water partition coefficient (Wildman–Crippen LogP) is 1.72. The molecule has 5 nitrogen and oxygen atoms in total. The van der Waals surface area contributed by atoms with Crippen LogP contribution in [0.2, 0.25) is 0 Å². The van der Waals surface area contributed by atoms with E-state index < -0.39 is 0 Å². The van der Waals surface area contributed by atoms with Crippen molar-refractivity contribution in [2.75, 3.05) is 26.9 Å². The highest BCUT2D eigenvalue weighted by molar-refractivity contribution is 5.54. The smallest absolute Gasteiger partial charge is 0.203 e. The van der Waals surface area contributed by atoms with Crippen LogP contribution in [0.5, 0.6) is 17.2 Å². The van der Waals surface area contributed by atoms with Gasteiger partial charge in [0, 0.05) is 19.2 Å². The molecule has 0 amide bonds. The zero-order valence-corrected chi connectivity index (χ0v) is 12.1. The number of aliphatic hydroxyl groups is 1. The molecule has 0 radical (unpaired) electrons. The van der Waals surface area contributed by atoms with Crippen LogP contribution >= 0.6 is 0 Å². The molecule has 1 aliphatic rings. The number of rotatable bonds is 7. The average molecular weight is 281 g/mol. The third kappa shape index (κ3) is 3.77. The third-order valence-corrected chi connectivity index (χ3v) is 3.34. The molecular formula is C15H23NO4. The summed E-state index contributed by atoms with van der Waals surface area (Å²) in [7, 11) is 1.63. The van der Waals surface area contributed by atoms with Gasteiger partial charge in [-0.3, -0.25) is 0 Å². The van der Waals surface area contributed by atoms with Crippen molar-refractivity contribution in [3.05, 3.63) is 17.7 Å². The fourth-order valence-corrected chi connectivity index (χ4v) is 2.22. The van der Waals surface area contributed by atoms with E-state index in [-0.39, 0.29) is 6.61 Å². The van der Waals surface area contributed by atoms with Gasteiger partial charge in [-0.25, -0.2) is 0 Å². The van der Waals surface area contributed by atoms with Crippen LogP contribution in [-0.2, 0) is 6.54 Å². The Kier molecular flexibility index (Phi) is 5.49. The second kappa shape index (κ2) is 7.36. The highest BCUT2D eigenvalue weighted by atomic mass is 16.6. The van der Waals surface area contributed by atoms with Crippen molar-refractivity contribution in [1.29, 1.82) is 0 Å². The molecule has 20 heavy (non-hydrogen) atoms. The van der Waals surface area contributed by atoms with E-state index in [4.69, 9.17) is 19.3 Å². The van der Waals surface area contributed by atoms with Gasteiger partial charge in [0.2, 0.25) is 5.75 Å². The molecule has 1 aromatic carbocycles. The van der Waals surface area contributed by atoms with Crippen LogP contribution < -0.4 is 19.5 Å². The molecule has 1 atom stereocenters. The Hall–Kier alpha value is -1.46. The summed E-state index contributed by atoms with van der Waals surface area (Å²) in [6.45, 7) is 4.22. The number of methoxy groups -OCH3 is 1. The Balaban J connectivity index is 2.01. The second-order valence-corrected chi connectivity index (χ2v) is 4.97. The molecule has 0 aromatic heterocycles. The molecule has 1 heterocycles. The standard InChI is InChI=1S/C15H23NO4/c1-11(4-3-5-17)16-10-12-8-13(18-2)15-14(9-12)19-6-7-20-15/h8-9,11,16-17H,3-7,10H2,1-2H3. The van der Waals surface area contributed by atoms with Crippen LogP contribution in [0.3, 0.4) is 0 Å². The van der Waals surface area contributed by atoms with Gasteiger partial charge in [-0.15, -0.1) is 0 Å². The highest BCUT2D eigenvalue weighted by Gasteiger charge is 2.18. The minimum absolute atomic E-state index is 0.240. The van der Waals surface area contributed by atoms with Crippen molar-refractivity contribution >= 4 is 0 Å². The van der Waals surface area contributed by atoms with E-state index in [9.17, 15) is 0 Å². The quantitative estimate of drug-likeness (QED) is 0.797. The number of nitrogens with one attached hydrogen (secondary N) is 1. The average Bonchev–Trinajstić information content (AvgIpc) is 2.49. The second-order valence-electron chi connectivity index (χ2n) is 4.97. The first kappa shape index (κ1) is 14.9. The molecule has 2 rings (SSSR count). The molecule has 0 saturated heterocycles. The Morgan fingerprint density at radius 3 is 2.90 bits per heavy atom. The number of ether oxygens (including phenoxy) is 3. The van der Waals surface area contributed by atoms with E-state index in [1.165, 1.54) is 0 Å². The van der Waals surface area contributed by atoms with Crippen LogP contribution in [0.1, 0.15) is 25.3 Å². The minimum Gasteiger partial charge on any atom is -0.493 e. The van der Waals surface area contributed by atoms with E-state index in [1.54, 1.807) is 7.11 Å². The Morgan fingerprint density at radius 1 is 1.35 bits per heavy atom. The lowest BCUT2D eigenvalue weighted by molar-refractivity contribution is 0.165. The summed E-state index contributed by atoms with van der Waals surface area (Å²) in [5.41, 5.74) is 1.10. The summed E-state index contributed by atoms with van der Waals surface area (Å²) in [6.07, 6.45) is 1.77. The molecule has 2 N–H and O–H groups in total. The maximum absolute atomic E-state index is 8.83. The monoisotopic (exact) mass is 281 g/mol. The number of hydrogen-bond donors (Lipinski definition) is 2. The molecule has 112 valence electrons. The first-order valence-electron chi connectivity index (χ1n) is 7.05. The van der Waals surface area contributed by atoms with E-state index >= 15 is 0 Å². The maximum atomic E-state index is 8.83. The molecule has 1 aromatic rings. The summed E-state index contributed by atoms with van der Waals surface area (Å²) in [4.78, 5) is 0. The Labute approximate surface area is 119 Å². The van der Waals surface area contributed by atoms with E-state index in [0.717, 1.165) is 30.7 Å². The van der Waals surface area contributed by atoms with Crippen LogP contribution in [-0.4, -0.2) is 38.1 Å². The number of hydrogen-bond acceptors (Lipinski definition) is 5. The number of fused-ring (bicyclic) bond motifs is 1. The molecule has 0 spiro atoms. The third-order valence-electron chi connectivity index (χ3n) is 3.34. The van der Waals surface area contributed by atoms with E-state index in [0.29, 0.717) is 30.8 Å². The van der Waals surface area contributed by atoms with Gasteiger partial charge < -0.3 is 24.6 Å². The molecule has 0 bridgehead atoms. The number of aliphatic hydroxyl groups excluding tert-OH is 1. The predicted molar refractivity (Wildman–Crippen MR) is 76.6 cm³/mol. The van der Waals surface area contributed by atoms with E-state index in [2.05, 4.69) is 12.2 Å². The van der Waals surface area contributed by atoms with Crippen molar-refractivity contribution in [3.8, 4) is 17.2 Å². The van der Waals surface area contributed by atoms with Crippen LogP contribution in [0.25, 0.3) is 0 Å². The maximum Gasteiger partial charge on any atom is 0.203 e. The van der Waals surface area contributed by atoms with Gasteiger partial charge in [0.25, 0.3) is 0 Å². The summed E-state index contributed by atoms with van der Waals surface area (Å²) >= 11 is 0. The van der Waals surface area contributed by atoms with Crippen LogP contribution in [0.15, 0.2) is 12.1 Å². The Bertz CT molecular complexity index is 419. The summed E-state index contributed by atoms with van der Waals surface area (Å²) in [5.74, 6) is 2.15. The van der Waals surface area contributed by atoms with Crippen molar-refractivity contribution < 1.29 is 19.3 Å². The first-order chi connectivity index (χ1) is 9.74. The summed E-state index contributed by atoms with van der Waals surface area (Å²) < 4.78 is 16.6. The van der Waals surface area contributed by atoms with Gasteiger partial charge in [0.05, 0.1) is 7.11 Å². The van der Waals surface area contributed by atoms with Crippen molar-refractivity contribution in [2.24, 2.45) is 0 Å². The van der Waals surface area contributed by atoms with Crippen LogP contribution in [0.4, 0.5) is 0 Å². The van der Waals surface area contributed by atoms with Gasteiger partial charge >= 0.3 is 0 Å². The normalized spacial score (nSPS) is 14.9. The lowest BCUT2D eigenvalue weighted by Gasteiger charge is -2.22. The largest absolute Gasteiger partial charge is 0.493 e. The van der Waals surface area contributed by atoms with Gasteiger partial charge in [0.15, 0.2) is 11.5 Å². The Morgan fingerprint density at radius 2 is 2.15 bits per heavy atom.